The molecular formula is C12H18N4O. The Morgan fingerprint density at radius 1 is 1.47 bits per heavy atom. The lowest BCUT2D eigenvalue weighted by Crippen LogP contribution is -2.45. The van der Waals surface area contributed by atoms with Gasteiger partial charge in [-0.05, 0) is 38.3 Å². The van der Waals surface area contributed by atoms with Crippen molar-refractivity contribution >= 4 is 11.7 Å². The van der Waals surface area contributed by atoms with E-state index in [0.29, 0.717) is 17.4 Å². The number of nitrogens with two attached hydrogens (primary N) is 2. The van der Waals surface area contributed by atoms with Crippen molar-refractivity contribution in [3.63, 3.8) is 0 Å². The zero-order valence-electron chi connectivity index (χ0n) is 10.2. The summed E-state index contributed by atoms with van der Waals surface area (Å²) in [7, 11) is 0. The Balaban J connectivity index is 2.27. The number of hydrogen-bond donors (Lipinski definition) is 3. The second-order valence-electron chi connectivity index (χ2n) is 4.74. The Bertz CT molecular complexity index is 452. The van der Waals surface area contributed by atoms with E-state index in [1.54, 1.807) is 0 Å². The van der Waals surface area contributed by atoms with Gasteiger partial charge in [0.25, 0.3) is 5.91 Å². The van der Waals surface area contributed by atoms with Crippen molar-refractivity contribution < 1.29 is 4.79 Å². The van der Waals surface area contributed by atoms with Crippen LogP contribution in [0.5, 0.6) is 0 Å². The van der Waals surface area contributed by atoms with Crippen LogP contribution in [0, 0.1) is 13.8 Å². The van der Waals surface area contributed by atoms with Crippen LogP contribution in [0.3, 0.4) is 0 Å². The minimum Gasteiger partial charge on any atom is -0.367 e. The molecule has 0 spiro atoms. The van der Waals surface area contributed by atoms with Gasteiger partial charge in [0, 0.05) is 17.8 Å². The minimum atomic E-state index is -0.443. The van der Waals surface area contributed by atoms with E-state index >= 15 is 0 Å². The predicted molar refractivity (Wildman–Crippen MR) is 66.8 cm³/mol. The summed E-state index contributed by atoms with van der Waals surface area (Å²) in [4.78, 5) is 15.8. The maximum atomic E-state index is 11.4. The molecule has 0 aromatic carbocycles. The maximum absolute atomic E-state index is 11.4. The minimum absolute atomic E-state index is 0.260. The van der Waals surface area contributed by atoms with Gasteiger partial charge in [-0.15, -0.1) is 0 Å². The highest BCUT2D eigenvalue weighted by atomic mass is 16.1. The highest BCUT2D eigenvalue weighted by Crippen LogP contribution is 2.25. The first-order chi connectivity index (χ1) is 7.97. The molecule has 0 aliphatic heterocycles. The Labute approximate surface area is 101 Å². The van der Waals surface area contributed by atoms with Gasteiger partial charge >= 0.3 is 0 Å². The van der Waals surface area contributed by atoms with Crippen LogP contribution in [-0.4, -0.2) is 23.0 Å². The summed E-state index contributed by atoms with van der Waals surface area (Å²) >= 11 is 0. The first kappa shape index (κ1) is 11.9. The maximum Gasteiger partial charge on any atom is 0.252 e. The topological polar surface area (TPSA) is 94.0 Å². The fourth-order valence-electron chi connectivity index (χ4n) is 2.23. The van der Waals surface area contributed by atoms with E-state index in [1.165, 1.54) is 0 Å². The molecular weight excluding hydrogens is 216 g/mol. The fourth-order valence-corrected chi connectivity index (χ4v) is 2.23. The van der Waals surface area contributed by atoms with Crippen LogP contribution in [0.15, 0.2) is 6.07 Å². The van der Waals surface area contributed by atoms with Gasteiger partial charge in [-0.25, -0.2) is 4.98 Å². The zero-order valence-corrected chi connectivity index (χ0v) is 10.2. The van der Waals surface area contributed by atoms with E-state index < -0.39 is 5.91 Å². The number of carbonyl (C=O) groups excluding carboxylic acids is 1. The molecule has 5 N–H and O–H groups in total. The van der Waals surface area contributed by atoms with E-state index in [2.05, 4.69) is 10.3 Å². The van der Waals surface area contributed by atoms with Crippen molar-refractivity contribution in [1.82, 2.24) is 4.98 Å². The van der Waals surface area contributed by atoms with Crippen molar-refractivity contribution in [3.8, 4) is 0 Å². The van der Waals surface area contributed by atoms with E-state index in [4.69, 9.17) is 11.5 Å². The molecule has 1 aliphatic carbocycles. The van der Waals surface area contributed by atoms with E-state index in [-0.39, 0.29) is 6.04 Å². The highest BCUT2D eigenvalue weighted by Gasteiger charge is 2.27. The molecule has 1 fully saturated rings. The number of pyridine rings is 1. The lowest BCUT2D eigenvalue weighted by Gasteiger charge is -2.34. The Hall–Kier alpha value is -1.62. The van der Waals surface area contributed by atoms with Gasteiger partial charge in [0.15, 0.2) is 0 Å². The molecule has 1 saturated carbocycles. The summed E-state index contributed by atoms with van der Waals surface area (Å²) in [6, 6.07) is 2.42. The van der Waals surface area contributed by atoms with Crippen molar-refractivity contribution in [2.75, 3.05) is 5.32 Å². The van der Waals surface area contributed by atoms with Crippen LogP contribution in [0.2, 0.25) is 0 Å². The van der Waals surface area contributed by atoms with Gasteiger partial charge in [-0.2, -0.15) is 0 Å². The quantitative estimate of drug-likeness (QED) is 0.717. The lowest BCUT2D eigenvalue weighted by atomic mass is 9.87. The molecule has 0 atom stereocenters. The van der Waals surface area contributed by atoms with Crippen LogP contribution >= 0.6 is 0 Å². The van der Waals surface area contributed by atoms with Gasteiger partial charge in [0.1, 0.15) is 5.82 Å². The molecule has 5 heteroatoms. The van der Waals surface area contributed by atoms with E-state index in [9.17, 15) is 4.79 Å². The van der Waals surface area contributed by atoms with Crippen LogP contribution in [0.1, 0.15) is 34.5 Å². The number of nitrogens with one attached hydrogen (secondary N) is 1. The van der Waals surface area contributed by atoms with Gasteiger partial charge in [0.2, 0.25) is 0 Å². The number of nitrogens with zero attached hydrogens (tertiary/aromatic N) is 1. The summed E-state index contributed by atoms with van der Waals surface area (Å²) in [5.41, 5.74) is 13.3. The molecule has 1 aromatic heterocycles. The molecule has 1 aromatic rings. The monoisotopic (exact) mass is 234 g/mol. The summed E-state index contributed by atoms with van der Waals surface area (Å²) < 4.78 is 0. The van der Waals surface area contributed by atoms with Gasteiger partial charge in [-0.1, -0.05) is 0 Å². The van der Waals surface area contributed by atoms with Crippen molar-refractivity contribution in [2.45, 2.75) is 38.8 Å². The molecule has 5 nitrogen and oxygen atoms in total. The standard InChI is InChI=1S/C12H18N4O/c1-6-3-7(2)15-12(10(6)11(14)17)16-9-4-8(13)5-9/h3,8-9H,4-5,13H2,1-2H3,(H2,14,17)(H,15,16). The normalized spacial score (nSPS) is 23.0. The first-order valence-corrected chi connectivity index (χ1v) is 5.77. The third-order valence-corrected chi connectivity index (χ3v) is 3.11. The number of amides is 1. The van der Waals surface area contributed by atoms with Crippen molar-refractivity contribution in [1.29, 1.82) is 0 Å². The van der Waals surface area contributed by atoms with Gasteiger partial charge < -0.3 is 16.8 Å². The number of hydrogen-bond acceptors (Lipinski definition) is 4. The summed E-state index contributed by atoms with van der Waals surface area (Å²) in [5.74, 6) is 0.146. The van der Waals surface area contributed by atoms with Crippen LogP contribution in [0.25, 0.3) is 0 Å². The number of rotatable bonds is 3. The molecule has 0 radical (unpaired) electrons. The first-order valence-electron chi connectivity index (χ1n) is 5.77. The number of aryl methyl sites for hydroxylation is 2. The number of aromatic nitrogens is 1. The van der Waals surface area contributed by atoms with Crippen molar-refractivity contribution in [2.24, 2.45) is 11.5 Å². The smallest absolute Gasteiger partial charge is 0.252 e. The predicted octanol–water partition coefficient (Wildman–Crippen LogP) is 0.699. The molecule has 1 amide bonds. The molecule has 0 bridgehead atoms. The SMILES string of the molecule is Cc1cc(C)c(C(N)=O)c(NC2CC(N)C2)n1. The molecule has 92 valence electrons. The third-order valence-electron chi connectivity index (χ3n) is 3.11. The van der Waals surface area contributed by atoms with Crippen LogP contribution < -0.4 is 16.8 Å². The molecule has 0 saturated heterocycles. The lowest BCUT2D eigenvalue weighted by molar-refractivity contribution is 0.1000. The van der Waals surface area contributed by atoms with E-state index in [1.807, 2.05) is 19.9 Å². The molecule has 1 aliphatic rings. The van der Waals surface area contributed by atoms with E-state index in [0.717, 1.165) is 24.1 Å². The fraction of sp³-hybridized carbons (Fsp3) is 0.500. The van der Waals surface area contributed by atoms with Crippen LogP contribution in [0.4, 0.5) is 5.82 Å². The Kier molecular flexibility index (Phi) is 3.02. The summed E-state index contributed by atoms with van der Waals surface area (Å²) in [6.45, 7) is 3.77. The summed E-state index contributed by atoms with van der Waals surface area (Å²) in [6.07, 6.45) is 1.82. The molecule has 2 rings (SSSR count). The third kappa shape index (κ3) is 2.39. The Morgan fingerprint density at radius 2 is 2.12 bits per heavy atom. The molecule has 0 unspecified atom stereocenters. The van der Waals surface area contributed by atoms with Gasteiger partial charge in [-0.3, -0.25) is 4.79 Å². The number of primary amides is 1. The Morgan fingerprint density at radius 3 is 2.65 bits per heavy atom. The molecule has 17 heavy (non-hydrogen) atoms. The number of anilines is 1. The molecule has 1 heterocycles. The second-order valence-corrected chi connectivity index (χ2v) is 4.74. The summed E-state index contributed by atoms with van der Waals surface area (Å²) in [5, 5.41) is 3.25. The van der Waals surface area contributed by atoms with Crippen LogP contribution in [-0.2, 0) is 0 Å². The van der Waals surface area contributed by atoms with Crippen molar-refractivity contribution in [3.05, 3.63) is 22.9 Å². The largest absolute Gasteiger partial charge is 0.367 e. The average molecular weight is 234 g/mol. The zero-order chi connectivity index (χ0) is 12.6. The van der Waals surface area contributed by atoms with Gasteiger partial charge in [0.05, 0.1) is 5.56 Å². The second kappa shape index (κ2) is 4.33. The number of carbonyl (C=O) groups is 1. The highest BCUT2D eigenvalue weighted by molar-refractivity contribution is 5.99. The average Bonchev–Trinajstić information content (AvgIpc) is 2.13.